The lowest BCUT2D eigenvalue weighted by atomic mass is 9.97. The van der Waals surface area contributed by atoms with Crippen molar-refractivity contribution in [1.29, 1.82) is 0 Å². The number of ether oxygens (including phenoxy) is 1. The van der Waals surface area contributed by atoms with Crippen molar-refractivity contribution in [3.63, 3.8) is 0 Å². The van der Waals surface area contributed by atoms with Crippen LogP contribution in [0.4, 0.5) is 5.69 Å². The number of aromatic nitrogens is 1. The SMILES string of the molecule is CCOC(=O)C1=C(c2ccccc2)N=c2s/c(=C/[C@@H]3C(=O)N(c4ccccc4)N=C3C)c(=O)n2[C@@H]1c1cccs1. The van der Waals surface area contributed by atoms with Crippen molar-refractivity contribution >= 4 is 57.7 Å². The molecule has 6 rings (SSSR count). The number of carbonyl (C=O) groups is 2. The van der Waals surface area contributed by atoms with Gasteiger partial charge in [-0.25, -0.2) is 9.79 Å². The zero-order valence-corrected chi connectivity index (χ0v) is 23.3. The zero-order valence-electron chi connectivity index (χ0n) is 21.7. The summed E-state index contributed by atoms with van der Waals surface area (Å²) in [5, 5.41) is 7.74. The number of rotatable bonds is 6. The normalized spacial score (nSPS) is 18.9. The van der Waals surface area contributed by atoms with Gasteiger partial charge < -0.3 is 4.74 Å². The van der Waals surface area contributed by atoms with Crippen molar-refractivity contribution in [1.82, 2.24) is 4.57 Å². The van der Waals surface area contributed by atoms with E-state index in [-0.39, 0.29) is 18.1 Å². The highest BCUT2D eigenvalue weighted by Crippen LogP contribution is 2.37. The van der Waals surface area contributed by atoms with Crippen LogP contribution in [0.2, 0.25) is 0 Å². The van der Waals surface area contributed by atoms with Gasteiger partial charge >= 0.3 is 5.97 Å². The quantitative estimate of drug-likeness (QED) is 0.329. The average molecular weight is 569 g/mol. The van der Waals surface area contributed by atoms with Crippen molar-refractivity contribution < 1.29 is 14.3 Å². The molecule has 0 fully saturated rings. The Balaban J connectivity index is 1.53. The van der Waals surface area contributed by atoms with Crippen molar-refractivity contribution in [3.05, 3.63) is 114 Å². The minimum absolute atomic E-state index is 0.187. The molecule has 2 aromatic carbocycles. The molecule has 0 spiro atoms. The van der Waals surface area contributed by atoms with E-state index in [9.17, 15) is 14.4 Å². The van der Waals surface area contributed by atoms with Crippen molar-refractivity contribution in [3.8, 4) is 0 Å². The monoisotopic (exact) mass is 568 g/mol. The molecule has 2 aliphatic rings. The molecule has 200 valence electrons. The Morgan fingerprint density at radius 2 is 1.75 bits per heavy atom. The first-order valence-corrected chi connectivity index (χ1v) is 14.4. The highest BCUT2D eigenvalue weighted by molar-refractivity contribution is 7.10. The fourth-order valence-electron chi connectivity index (χ4n) is 4.85. The third-order valence-electron chi connectivity index (χ3n) is 6.69. The van der Waals surface area contributed by atoms with Crippen LogP contribution < -0.4 is 19.9 Å². The zero-order chi connectivity index (χ0) is 27.8. The summed E-state index contributed by atoms with van der Waals surface area (Å²) in [4.78, 5) is 46.9. The third kappa shape index (κ3) is 4.44. The minimum Gasteiger partial charge on any atom is -0.463 e. The van der Waals surface area contributed by atoms with Crippen LogP contribution in [0.1, 0.15) is 30.3 Å². The molecular weight excluding hydrogens is 544 g/mol. The van der Waals surface area contributed by atoms with E-state index in [0.29, 0.717) is 32.0 Å². The summed E-state index contributed by atoms with van der Waals surface area (Å²) >= 11 is 2.65. The Hall–Kier alpha value is -4.41. The number of nitrogens with zero attached hydrogens (tertiary/aromatic N) is 4. The number of benzene rings is 2. The van der Waals surface area contributed by atoms with Crippen LogP contribution in [0.5, 0.6) is 0 Å². The number of esters is 1. The van der Waals surface area contributed by atoms with Crippen molar-refractivity contribution in [2.75, 3.05) is 11.6 Å². The second kappa shape index (κ2) is 10.6. The Morgan fingerprint density at radius 3 is 2.42 bits per heavy atom. The predicted octanol–water partition coefficient (Wildman–Crippen LogP) is 3.99. The third-order valence-corrected chi connectivity index (χ3v) is 8.61. The fourth-order valence-corrected chi connectivity index (χ4v) is 6.68. The second-order valence-electron chi connectivity index (χ2n) is 9.17. The van der Waals surface area contributed by atoms with Crippen LogP contribution in [0.3, 0.4) is 0 Å². The lowest BCUT2D eigenvalue weighted by molar-refractivity contribution is -0.138. The molecular formula is C30H24N4O4S2. The van der Waals surface area contributed by atoms with Gasteiger partial charge in [0.05, 0.1) is 33.8 Å². The molecule has 2 aromatic heterocycles. The minimum atomic E-state index is -0.720. The van der Waals surface area contributed by atoms with Gasteiger partial charge in [0.1, 0.15) is 12.0 Å². The maximum Gasteiger partial charge on any atom is 0.338 e. The topological polar surface area (TPSA) is 93.3 Å². The smallest absolute Gasteiger partial charge is 0.338 e. The largest absolute Gasteiger partial charge is 0.463 e. The molecule has 1 amide bonds. The number of hydrazone groups is 1. The molecule has 10 heteroatoms. The van der Waals surface area contributed by atoms with Crippen LogP contribution in [0.25, 0.3) is 11.8 Å². The summed E-state index contributed by atoms with van der Waals surface area (Å²) < 4.78 is 7.38. The number of fused-ring (bicyclic) bond motifs is 1. The lowest BCUT2D eigenvalue weighted by Crippen LogP contribution is -2.40. The van der Waals surface area contributed by atoms with E-state index in [1.807, 2.05) is 78.2 Å². The number of amides is 1. The molecule has 40 heavy (non-hydrogen) atoms. The molecule has 0 bridgehead atoms. The Bertz CT molecular complexity index is 1840. The van der Waals surface area contributed by atoms with Crippen molar-refractivity contribution in [2.24, 2.45) is 16.0 Å². The number of carbonyl (C=O) groups excluding carboxylic acids is 2. The Kier molecular flexibility index (Phi) is 6.87. The van der Waals surface area contributed by atoms with E-state index in [2.05, 4.69) is 5.10 Å². The molecule has 2 atom stereocenters. The standard InChI is InChI=1S/C30H24N4O4S2/c1-3-38-29(37)24-25(19-11-6-4-7-12-19)31-30-33(26(24)22-15-10-16-39-22)28(36)23(40-30)17-21-18(2)32-34(27(21)35)20-13-8-5-9-14-20/h4-17,21,26H,3H2,1-2H3/b23-17+/t21-,26+/m0/s1. The van der Waals surface area contributed by atoms with E-state index < -0.39 is 17.9 Å². The number of hydrogen-bond donors (Lipinski definition) is 0. The molecule has 0 N–H and O–H groups in total. The van der Waals surface area contributed by atoms with E-state index in [1.54, 1.807) is 24.5 Å². The van der Waals surface area contributed by atoms with Gasteiger partial charge in [0.25, 0.3) is 11.5 Å². The molecule has 4 heterocycles. The Morgan fingerprint density at radius 1 is 1.02 bits per heavy atom. The lowest BCUT2D eigenvalue weighted by Gasteiger charge is -2.24. The molecule has 0 saturated heterocycles. The van der Waals surface area contributed by atoms with Crippen LogP contribution in [0.15, 0.2) is 98.6 Å². The van der Waals surface area contributed by atoms with Crippen molar-refractivity contribution in [2.45, 2.75) is 19.9 Å². The van der Waals surface area contributed by atoms with E-state index >= 15 is 0 Å². The van der Waals surface area contributed by atoms with E-state index in [4.69, 9.17) is 9.73 Å². The predicted molar refractivity (Wildman–Crippen MR) is 157 cm³/mol. The fraction of sp³-hybridized carbons (Fsp3) is 0.167. The molecule has 0 unspecified atom stereocenters. The summed E-state index contributed by atoms with van der Waals surface area (Å²) in [6, 6.07) is 21.7. The molecule has 8 nitrogen and oxygen atoms in total. The average Bonchev–Trinajstić information content (AvgIpc) is 3.69. The van der Waals surface area contributed by atoms with Crippen LogP contribution in [0, 0.1) is 5.92 Å². The first kappa shape index (κ1) is 25.8. The van der Waals surface area contributed by atoms with E-state index in [0.717, 1.165) is 10.4 Å². The van der Waals surface area contributed by atoms with Gasteiger partial charge in [-0.05, 0) is 43.5 Å². The summed E-state index contributed by atoms with van der Waals surface area (Å²) in [6.45, 7) is 3.71. The molecule has 0 radical (unpaired) electrons. The molecule has 2 aliphatic heterocycles. The van der Waals surface area contributed by atoms with Gasteiger partial charge in [0.15, 0.2) is 4.80 Å². The number of hydrogen-bond acceptors (Lipinski definition) is 8. The highest BCUT2D eigenvalue weighted by Gasteiger charge is 2.37. The number of para-hydroxylation sites is 1. The highest BCUT2D eigenvalue weighted by atomic mass is 32.1. The molecule has 0 saturated carbocycles. The van der Waals surface area contributed by atoms with Crippen LogP contribution >= 0.6 is 22.7 Å². The second-order valence-corrected chi connectivity index (χ2v) is 11.2. The maximum absolute atomic E-state index is 14.0. The maximum atomic E-state index is 14.0. The summed E-state index contributed by atoms with van der Waals surface area (Å²) in [5.41, 5.74) is 2.45. The van der Waals surface area contributed by atoms with E-state index in [1.165, 1.54) is 27.7 Å². The van der Waals surface area contributed by atoms with Gasteiger partial charge in [-0.15, -0.1) is 11.3 Å². The molecule has 0 aliphatic carbocycles. The van der Waals surface area contributed by atoms with Gasteiger partial charge in [-0.1, -0.05) is 65.9 Å². The number of thiophene rings is 1. The summed E-state index contributed by atoms with van der Waals surface area (Å²) in [6.07, 6.45) is 1.66. The summed E-state index contributed by atoms with van der Waals surface area (Å²) in [5.74, 6) is -1.45. The molecule has 4 aromatic rings. The van der Waals surface area contributed by atoms with Gasteiger partial charge in [-0.3, -0.25) is 14.2 Å². The summed E-state index contributed by atoms with van der Waals surface area (Å²) in [7, 11) is 0. The van der Waals surface area contributed by atoms with Gasteiger partial charge in [0.2, 0.25) is 0 Å². The number of anilines is 1. The van der Waals surface area contributed by atoms with Gasteiger partial charge in [0, 0.05) is 10.4 Å². The first-order chi connectivity index (χ1) is 19.5. The van der Waals surface area contributed by atoms with Crippen LogP contribution in [-0.4, -0.2) is 28.8 Å². The number of thiazole rings is 1. The van der Waals surface area contributed by atoms with Crippen LogP contribution in [-0.2, 0) is 14.3 Å². The Labute approximate surface area is 237 Å². The van der Waals surface area contributed by atoms with Gasteiger partial charge in [-0.2, -0.15) is 10.1 Å². The first-order valence-electron chi connectivity index (χ1n) is 12.7.